The normalized spacial score (nSPS) is 13.7. The van der Waals surface area contributed by atoms with Gasteiger partial charge in [0.25, 0.3) is 0 Å². The summed E-state index contributed by atoms with van der Waals surface area (Å²) in [6.45, 7) is 4.07. The molecule has 2 unspecified atom stereocenters. The SMILES string of the molecule is CCC(N)c1cn(CC(=O)NC(C)c2ccccc2)nn1. The average Bonchev–Trinajstić information content (AvgIpc) is 2.95. The molecule has 0 aliphatic heterocycles. The molecule has 1 amide bonds. The lowest BCUT2D eigenvalue weighted by Crippen LogP contribution is -2.30. The van der Waals surface area contributed by atoms with Gasteiger partial charge in [-0.2, -0.15) is 0 Å². The third-order valence-corrected chi connectivity index (χ3v) is 3.36. The lowest BCUT2D eigenvalue weighted by molar-refractivity contribution is -0.122. The Morgan fingerprint density at radius 2 is 2.10 bits per heavy atom. The molecule has 6 nitrogen and oxygen atoms in total. The fraction of sp³-hybridized carbons (Fsp3) is 0.400. The Kier molecular flexibility index (Phi) is 5.05. The summed E-state index contributed by atoms with van der Waals surface area (Å²) in [4.78, 5) is 12.0. The smallest absolute Gasteiger partial charge is 0.242 e. The van der Waals surface area contributed by atoms with Crippen LogP contribution < -0.4 is 11.1 Å². The maximum Gasteiger partial charge on any atom is 0.242 e. The maximum absolute atomic E-state index is 12.0. The second-order valence-electron chi connectivity index (χ2n) is 5.06. The van der Waals surface area contributed by atoms with Gasteiger partial charge in [-0.15, -0.1) is 5.10 Å². The van der Waals surface area contributed by atoms with Crippen LogP contribution in [0.5, 0.6) is 0 Å². The number of rotatable bonds is 6. The topological polar surface area (TPSA) is 85.8 Å². The van der Waals surface area contributed by atoms with E-state index in [2.05, 4.69) is 15.6 Å². The van der Waals surface area contributed by atoms with Crippen molar-refractivity contribution in [3.63, 3.8) is 0 Å². The second-order valence-corrected chi connectivity index (χ2v) is 5.06. The van der Waals surface area contributed by atoms with Crippen LogP contribution in [-0.4, -0.2) is 20.9 Å². The molecular weight excluding hydrogens is 266 g/mol. The van der Waals surface area contributed by atoms with Crippen LogP contribution in [0, 0.1) is 0 Å². The average molecular weight is 287 g/mol. The second kappa shape index (κ2) is 6.99. The first-order valence-electron chi connectivity index (χ1n) is 7.10. The standard InChI is InChI=1S/C15H21N5O/c1-3-13(16)14-9-20(19-18-14)10-15(21)17-11(2)12-7-5-4-6-8-12/h4-9,11,13H,3,10,16H2,1-2H3,(H,17,21). The van der Waals surface area contributed by atoms with Crippen molar-refractivity contribution in [1.29, 1.82) is 0 Å². The molecule has 2 aromatic rings. The van der Waals surface area contributed by atoms with Gasteiger partial charge in [-0.25, -0.2) is 4.68 Å². The van der Waals surface area contributed by atoms with Gasteiger partial charge < -0.3 is 11.1 Å². The zero-order valence-electron chi connectivity index (χ0n) is 12.4. The summed E-state index contributed by atoms with van der Waals surface area (Å²) < 4.78 is 1.51. The summed E-state index contributed by atoms with van der Waals surface area (Å²) in [5.41, 5.74) is 7.66. The van der Waals surface area contributed by atoms with Gasteiger partial charge in [0.05, 0.1) is 24.0 Å². The van der Waals surface area contributed by atoms with E-state index in [1.165, 1.54) is 4.68 Å². The van der Waals surface area contributed by atoms with E-state index in [-0.39, 0.29) is 24.5 Å². The minimum Gasteiger partial charge on any atom is -0.348 e. The van der Waals surface area contributed by atoms with Gasteiger partial charge in [-0.3, -0.25) is 4.79 Å². The number of carbonyl (C=O) groups excluding carboxylic acids is 1. The number of nitrogens with one attached hydrogen (secondary N) is 1. The Labute approximate surface area is 124 Å². The minimum absolute atomic E-state index is 0.0420. The monoisotopic (exact) mass is 287 g/mol. The van der Waals surface area contributed by atoms with Gasteiger partial charge >= 0.3 is 0 Å². The van der Waals surface area contributed by atoms with E-state index in [4.69, 9.17) is 5.73 Å². The van der Waals surface area contributed by atoms with Crippen LogP contribution in [0.4, 0.5) is 0 Å². The molecule has 112 valence electrons. The van der Waals surface area contributed by atoms with Crippen LogP contribution in [0.2, 0.25) is 0 Å². The molecule has 21 heavy (non-hydrogen) atoms. The zero-order chi connectivity index (χ0) is 15.2. The van der Waals surface area contributed by atoms with Crippen LogP contribution in [0.15, 0.2) is 36.5 Å². The molecule has 0 fully saturated rings. The molecule has 1 aromatic carbocycles. The first kappa shape index (κ1) is 15.2. The largest absolute Gasteiger partial charge is 0.348 e. The molecule has 0 saturated heterocycles. The molecule has 3 N–H and O–H groups in total. The highest BCUT2D eigenvalue weighted by molar-refractivity contribution is 5.76. The summed E-state index contributed by atoms with van der Waals surface area (Å²) in [6.07, 6.45) is 2.51. The molecule has 1 aromatic heterocycles. The van der Waals surface area contributed by atoms with Crippen LogP contribution in [0.1, 0.15) is 43.6 Å². The number of carbonyl (C=O) groups is 1. The van der Waals surface area contributed by atoms with Crippen molar-refractivity contribution in [2.45, 2.75) is 38.9 Å². The molecule has 0 aliphatic rings. The summed E-state index contributed by atoms with van der Waals surface area (Å²) in [5.74, 6) is -0.104. The molecular formula is C15H21N5O. The summed E-state index contributed by atoms with van der Waals surface area (Å²) in [5, 5.41) is 10.9. The highest BCUT2D eigenvalue weighted by atomic mass is 16.2. The van der Waals surface area contributed by atoms with Gasteiger partial charge in [0.1, 0.15) is 6.54 Å². The van der Waals surface area contributed by atoms with Crippen LogP contribution in [0.3, 0.4) is 0 Å². The molecule has 6 heteroatoms. The fourth-order valence-corrected chi connectivity index (χ4v) is 2.03. The Balaban J connectivity index is 1.91. The third kappa shape index (κ3) is 4.13. The van der Waals surface area contributed by atoms with Gasteiger partial charge in [0, 0.05) is 0 Å². The van der Waals surface area contributed by atoms with E-state index in [0.717, 1.165) is 12.0 Å². The van der Waals surface area contributed by atoms with E-state index >= 15 is 0 Å². The van der Waals surface area contributed by atoms with Crippen molar-refractivity contribution in [3.8, 4) is 0 Å². The third-order valence-electron chi connectivity index (χ3n) is 3.36. The number of aromatic nitrogens is 3. The number of benzene rings is 1. The predicted molar refractivity (Wildman–Crippen MR) is 80.2 cm³/mol. The minimum atomic E-state index is -0.134. The van der Waals surface area contributed by atoms with Gasteiger partial charge in [-0.05, 0) is 18.9 Å². The number of nitrogens with two attached hydrogens (primary N) is 1. The Hall–Kier alpha value is -2.21. The van der Waals surface area contributed by atoms with E-state index in [1.807, 2.05) is 44.2 Å². The molecule has 0 aliphatic carbocycles. The number of nitrogens with zero attached hydrogens (tertiary/aromatic N) is 3. The van der Waals surface area contributed by atoms with Crippen LogP contribution in [-0.2, 0) is 11.3 Å². The van der Waals surface area contributed by atoms with Crippen LogP contribution >= 0.6 is 0 Å². The Morgan fingerprint density at radius 1 is 1.38 bits per heavy atom. The highest BCUT2D eigenvalue weighted by Gasteiger charge is 2.12. The summed E-state index contributed by atoms with van der Waals surface area (Å²) in [7, 11) is 0. The van der Waals surface area contributed by atoms with E-state index in [0.29, 0.717) is 5.69 Å². The van der Waals surface area contributed by atoms with Gasteiger partial charge in [-0.1, -0.05) is 42.5 Å². The van der Waals surface area contributed by atoms with Crippen molar-refractivity contribution in [2.24, 2.45) is 5.73 Å². The number of amides is 1. The Morgan fingerprint density at radius 3 is 2.76 bits per heavy atom. The van der Waals surface area contributed by atoms with E-state index in [1.54, 1.807) is 6.20 Å². The Bertz CT molecular complexity index is 581. The van der Waals surface area contributed by atoms with Crippen molar-refractivity contribution in [2.75, 3.05) is 0 Å². The number of hydrogen-bond acceptors (Lipinski definition) is 4. The number of hydrogen-bond donors (Lipinski definition) is 2. The molecule has 2 rings (SSSR count). The lowest BCUT2D eigenvalue weighted by atomic mass is 10.1. The quantitative estimate of drug-likeness (QED) is 0.844. The first-order valence-corrected chi connectivity index (χ1v) is 7.10. The van der Waals surface area contributed by atoms with Gasteiger partial charge in [0.2, 0.25) is 5.91 Å². The van der Waals surface area contributed by atoms with Crippen molar-refractivity contribution >= 4 is 5.91 Å². The summed E-state index contributed by atoms with van der Waals surface area (Å²) >= 11 is 0. The summed E-state index contributed by atoms with van der Waals surface area (Å²) in [6, 6.07) is 9.65. The molecule has 2 atom stereocenters. The lowest BCUT2D eigenvalue weighted by Gasteiger charge is -2.14. The fourth-order valence-electron chi connectivity index (χ4n) is 2.03. The highest BCUT2D eigenvalue weighted by Crippen LogP contribution is 2.11. The van der Waals surface area contributed by atoms with Crippen molar-refractivity contribution < 1.29 is 4.79 Å². The maximum atomic E-state index is 12.0. The predicted octanol–water partition coefficient (Wildman–Crippen LogP) is 1.57. The van der Waals surface area contributed by atoms with Gasteiger partial charge in [0.15, 0.2) is 0 Å². The molecule has 0 saturated carbocycles. The van der Waals surface area contributed by atoms with E-state index < -0.39 is 0 Å². The van der Waals surface area contributed by atoms with Crippen LogP contribution in [0.25, 0.3) is 0 Å². The first-order chi connectivity index (χ1) is 10.1. The molecule has 1 heterocycles. The molecule has 0 bridgehead atoms. The molecule has 0 spiro atoms. The zero-order valence-corrected chi connectivity index (χ0v) is 12.4. The molecule has 0 radical (unpaired) electrons. The van der Waals surface area contributed by atoms with Crippen molar-refractivity contribution in [1.82, 2.24) is 20.3 Å². The van der Waals surface area contributed by atoms with E-state index in [9.17, 15) is 4.79 Å². The van der Waals surface area contributed by atoms with Crippen molar-refractivity contribution in [3.05, 3.63) is 47.8 Å².